The van der Waals surface area contributed by atoms with Crippen LogP contribution in [0.2, 0.25) is 0 Å². The van der Waals surface area contributed by atoms with E-state index in [1.807, 2.05) is 41.3 Å². The first-order valence-electron chi connectivity index (χ1n) is 9.78. The van der Waals surface area contributed by atoms with E-state index >= 15 is 0 Å². The Kier molecular flexibility index (Phi) is 5.13. The maximum Gasteiger partial charge on any atom is 0.253 e. The minimum atomic E-state index is -0.0669. The van der Waals surface area contributed by atoms with Crippen LogP contribution in [-0.2, 0) is 16.1 Å². The van der Waals surface area contributed by atoms with Crippen molar-refractivity contribution in [2.45, 2.75) is 38.3 Å². The molecule has 6 nitrogen and oxygen atoms in total. The molecule has 0 saturated carbocycles. The Morgan fingerprint density at radius 2 is 1.96 bits per heavy atom. The summed E-state index contributed by atoms with van der Waals surface area (Å²) in [7, 11) is 0. The number of amides is 2. The van der Waals surface area contributed by atoms with Crippen molar-refractivity contribution in [1.82, 2.24) is 15.2 Å². The molecule has 28 heavy (non-hydrogen) atoms. The zero-order chi connectivity index (χ0) is 19.6. The smallest absolute Gasteiger partial charge is 0.253 e. The van der Waals surface area contributed by atoms with E-state index in [1.165, 1.54) is 6.92 Å². The van der Waals surface area contributed by atoms with E-state index in [-0.39, 0.29) is 17.4 Å². The van der Waals surface area contributed by atoms with Crippen LogP contribution in [0.15, 0.2) is 42.6 Å². The Morgan fingerprint density at radius 1 is 1.18 bits per heavy atom. The average Bonchev–Trinajstić information content (AvgIpc) is 2.71. The number of hydrogen-bond acceptors (Lipinski definition) is 4. The number of piperidine rings is 1. The molecule has 2 aliphatic heterocycles. The van der Waals surface area contributed by atoms with Gasteiger partial charge in [0.1, 0.15) is 0 Å². The number of benzene rings is 1. The molecule has 2 amide bonds. The number of carbonyl (C=O) groups is 2. The highest BCUT2D eigenvalue weighted by atomic mass is 16.5. The third kappa shape index (κ3) is 3.92. The van der Waals surface area contributed by atoms with Gasteiger partial charge in [-0.05, 0) is 43.0 Å². The van der Waals surface area contributed by atoms with Crippen LogP contribution in [0, 0.1) is 0 Å². The molecule has 6 heteroatoms. The zero-order valence-electron chi connectivity index (χ0n) is 16.1. The van der Waals surface area contributed by atoms with Crippen LogP contribution >= 0.6 is 0 Å². The summed E-state index contributed by atoms with van der Waals surface area (Å²) < 4.78 is 5.74. The first-order chi connectivity index (χ1) is 13.5. The Morgan fingerprint density at radius 3 is 2.57 bits per heavy atom. The number of rotatable bonds is 4. The summed E-state index contributed by atoms with van der Waals surface area (Å²) in [6.07, 6.45) is 4.72. The van der Waals surface area contributed by atoms with Crippen molar-refractivity contribution in [1.29, 1.82) is 0 Å². The van der Waals surface area contributed by atoms with Gasteiger partial charge in [-0.1, -0.05) is 18.2 Å². The molecule has 1 aromatic heterocycles. The lowest BCUT2D eigenvalue weighted by Gasteiger charge is -2.47. The maximum atomic E-state index is 12.9. The Bertz CT molecular complexity index is 865. The quantitative estimate of drug-likeness (QED) is 0.887. The van der Waals surface area contributed by atoms with Gasteiger partial charge in [-0.15, -0.1) is 0 Å². The number of nitrogens with one attached hydrogen (secondary N) is 1. The Labute approximate surface area is 164 Å². The van der Waals surface area contributed by atoms with Crippen LogP contribution < -0.4 is 5.32 Å². The summed E-state index contributed by atoms with van der Waals surface area (Å²) in [5.74, 6) is 0.00102. The highest BCUT2D eigenvalue weighted by Crippen LogP contribution is 2.37. The number of ether oxygens (including phenoxy) is 1. The van der Waals surface area contributed by atoms with Crippen LogP contribution in [0.1, 0.15) is 42.1 Å². The van der Waals surface area contributed by atoms with Gasteiger partial charge in [-0.2, -0.15) is 0 Å². The molecule has 0 bridgehead atoms. The summed E-state index contributed by atoms with van der Waals surface area (Å²) in [5.41, 5.74) is 3.38. The van der Waals surface area contributed by atoms with Crippen LogP contribution in [0.3, 0.4) is 0 Å². The average molecular weight is 379 g/mol. The first kappa shape index (κ1) is 18.6. The second-order valence-electron chi connectivity index (χ2n) is 7.62. The van der Waals surface area contributed by atoms with Gasteiger partial charge in [0.15, 0.2) is 0 Å². The fourth-order valence-corrected chi connectivity index (χ4v) is 3.82. The van der Waals surface area contributed by atoms with Crippen molar-refractivity contribution >= 4 is 11.8 Å². The van der Waals surface area contributed by atoms with Gasteiger partial charge in [-0.25, -0.2) is 0 Å². The number of carbonyl (C=O) groups excluding carboxylic acids is 2. The lowest BCUT2D eigenvalue weighted by Crippen LogP contribution is -2.53. The molecule has 2 fully saturated rings. The van der Waals surface area contributed by atoms with Crippen molar-refractivity contribution in [3.8, 4) is 11.3 Å². The molecule has 2 aromatic rings. The third-order valence-corrected chi connectivity index (χ3v) is 5.70. The van der Waals surface area contributed by atoms with E-state index in [4.69, 9.17) is 4.74 Å². The fourth-order valence-electron chi connectivity index (χ4n) is 3.82. The van der Waals surface area contributed by atoms with Crippen LogP contribution in [0.25, 0.3) is 11.3 Å². The van der Waals surface area contributed by atoms with E-state index in [9.17, 15) is 9.59 Å². The number of nitrogens with zero attached hydrogens (tertiary/aromatic N) is 2. The molecule has 1 spiro atoms. The first-order valence-corrected chi connectivity index (χ1v) is 9.78. The van der Waals surface area contributed by atoms with Gasteiger partial charge in [0, 0.05) is 43.9 Å². The standard InChI is InChI=1S/C22H25N3O3/c1-16(26)23-14-17-5-6-20(24-15-17)18-3-2-4-19(13-18)21(27)25-10-7-22(8-11-25)9-12-28-22/h2-6,13,15H,7-12,14H2,1H3,(H,23,26). The normalized spacial score (nSPS) is 17.8. The third-order valence-electron chi connectivity index (χ3n) is 5.70. The van der Waals surface area contributed by atoms with Crippen LogP contribution in [-0.4, -0.2) is 47.0 Å². The minimum Gasteiger partial charge on any atom is -0.375 e. The van der Waals surface area contributed by atoms with E-state index in [0.717, 1.165) is 55.8 Å². The van der Waals surface area contributed by atoms with Crippen molar-refractivity contribution in [3.05, 3.63) is 53.7 Å². The molecule has 4 rings (SSSR count). The lowest BCUT2D eigenvalue weighted by atomic mass is 9.84. The number of pyridine rings is 1. The molecule has 1 aromatic carbocycles. The fraction of sp³-hybridized carbons (Fsp3) is 0.409. The van der Waals surface area contributed by atoms with E-state index in [0.29, 0.717) is 12.1 Å². The molecule has 0 unspecified atom stereocenters. The highest BCUT2D eigenvalue weighted by molar-refractivity contribution is 5.95. The van der Waals surface area contributed by atoms with Crippen LogP contribution in [0.4, 0.5) is 0 Å². The van der Waals surface area contributed by atoms with Crippen molar-refractivity contribution < 1.29 is 14.3 Å². The van der Waals surface area contributed by atoms with E-state index in [2.05, 4.69) is 10.3 Å². The second kappa shape index (κ2) is 7.72. The molecule has 3 heterocycles. The van der Waals surface area contributed by atoms with Crippen molar-refractivity contribution in [3.63, 3.8) is 0 Å². The topological polar surface area (TPSA) is 71.5 Å². The van der Waals surface area contributed by atoms with E-state index in [1.54, 1.807) is 6.20 Å². The van der Waals surface area contributed by atoms with Gasteiger partial charge in [0.2, 0.25) is 5.91 Å². The zero-order valence-corrected chi connectivity index (χ0v) is 16.1. The van der Waals surface area contributed by atoms with Gasteiger partial charge in [-0.3, -0.25) is 14.6 Å². The predicted octanol–water partition coefficient (Wildman–Crippen LogP) is 2.78. The molecular weight excluding hydrogens is 354 g/mol. The minimum absolute atomic E-state index is 0.0432. The molecule has 0 aliphatic carbocycles. The molecule has 0 atom stereocenters. The molecule has 2 aliphatic rings. The second-order valence-corrected chi connectivity index (χ2v) is 7.62. The summed E-state index contributed by atoms with van der Waals surface area (Å²) in [5, 5.41) is 2.76. The molecular formula is C22H25N3O3. The van der Waals surface area contributed by atoms with Gasteiger partial charge in [0.25, 0.3) is 5.91 Å². The monoisotopic (exact) mass is 379 g/mol. The number of likely N-dealkylation sites (tertiary alicyclic amines) is 1. The summed E-state index contributed by atoms with van der Waals surface area (Å²) >= 11 is 0. The van der Waals surface area contributed by atoms with Crippen molar-refractivity contribution in [2.24, 2.45) is 0 Å². The van der Waals surface area contributed by atoms with Gasteiger partial charge >= 0.3 is 0 Å². The lowest BCUT2D eigenvalue weighted by molar-refractivity contribution is -0.169. The summed E-state index contributed by atoms with van der Waals surface area (Å²) in [6.45, 7) is 4.30. The largest absolute Gasteiger partial charge is 0.375 e. The van der Waals surface area contributed by atoms with E-state index < -0.39 is 0 Å². The molecule has 2 saturated heterocycles. The number of hydrogen-bond donors (Lipinski definition) is 1. The Hall–Kier alpha value is -2.73. The van der Waals surface area contributed by atoms with Crippen LogP contribution in [0.5, 0.6) is 0 Å². The summed E-state index contributed by atoms with van der Waals surface area (Å²) in [4.78, 5) is 30.4. The number of aromatic nitrogens is 1. The SMILES string of the molecule is CC(=O)NCc1ccc(-c2cccc(C(=O)N3CCC4(CCO4)CC3)c2)nc1. The maximum absolute atomic E-state index is 12.9. The molecule has 146 valence electrons. The summed E-state index contributed by atoms with van der Waals surface area (Å²) in [6, 6.07) is 11.5. The highest BCUT2D eigenvalue weighted by Gasteiger charge is 2.42. The van der Waals surface area contributed by atoms with Gasteiger partial charge in [0.05, 0.1) is 17.9 Å². The molecule has 1 N–H and O–H groups in total. The Balaban J connectivity index is 1.44. The predicted molar refractivity (Wildman–Crippen MR) is 106 cm³/mol. The van der Waals surface area contributed by atoms with Crippen molar-refractivity contribution in [2.75, 3.05) is 19.7 Å². The molecule has 0 radical (unpaired) electrons. The van der Waals surface area contributed by atoms with Gasteiger partial charge < -0.3 is 15.0 Å².